The Balaban J connectivity index is 1.96. The molecule has 2 aromatic rings. The van der Waals surface area contributed by atoms with Gasteiger partial charge in [-0.3, -0.25) is 0 Å². The van der Waals surface area contributed by atoms with Gasteiger partial charge in [0.2, 0.25) is 5.95 Å². The quantitative estimate of drug-likeness (QED) is 0.845. The van der Waals surface area contributed by atoms with Gasteiger partial charge >= 0.3 is 0 Å². The number of aromatic nitrogens is 2. The van der Waals surface area contributed by atoms with E-state index in [1.165, 1.54) is 19.3 Å². The largest absolute Gasteiger partial charge is 0.356 e. The van der Waals surface area contributed by atoms with E-state index in [1.54, 1.807) is 0 Å². The molecule has 0 unspecified atom stereocenters. The van der Waals surface area contributed by atoms with Gasteiger partial charge in [0.15, 0.2) is 0 Å². The molecule has 2 heterocycles. The zero-order valence-corrected chi connectivity index (χ0v) is 12.1. The van der Waals surface area contributed by atoms with E-state index in [9.17, 15) is 0 Å². The molecule has 20 heavy (non-hydrogen) atoms. The second-order valence-electron chi connectivity index (χ2n) is 5.36. The number of rotatable bonds is 5. The van der Waals surface area contributed by atoms with Crippen LogP contribution in [0.15, 0.2) is 24.3 Å². The lowest BCUT2D eigenvalue weighted by Gasteiger charge is -2.19. The third-order valence-electron chi connectivity index (χ3n) is 3.80. The molecule has 1 aromatic carbocycles. The topological polar surface area (TPSA) is 41.1 Å². The Hall–Kier alpha value is -1.84. The zero-order valence-electron chi connectivity index (χ0n) is 12.1. The first-order valence-corrected chi connectivity index (χ1v) is 7.64. The molecule has 0 saturated carbocycles. The molecule has 106 valence electrons. The van der Waals surface area contributed by atoms with Crippen molar-refractivity contribution < 1.29 is 0 Å². The summed E-state index contributed by atoms with van der Waals surface area (Å²) >= 11 is 0. The smallest absolute Gasteiger partial charge is 0.225 e. The predicted octanol–water partition coefficient (Wildman–Crippen LogP) is 3.44. The lowest BCUT2D eigenvalue weighted by molar-refractivity contribution is 0.826. The molecule has 0 radical (unpaired) electrons. The van der Waals surface area contributed by atoms with Crippen molar-refractivity contribution in [3.63, 3.8) is 0 Å². The van der Waals surface area contributed by atoms with Crippen LogP contribution in [-0.4, -0.2) is 29.6 Å². The average molecular weight is 270 g/mol. The lowest BCUT2D eigenvalue weighted by Crippen LogP contribution is -2.20. The van der Waals surface area contributed by atoms with Gasteiger partial charge in [-0.05, 0) is 31.4 Å². The van der Waals surface area contributed by atoms with E-state index in [0.717, 1.165) is 48.7 Å². The molecule has 0 atom stereocenters. The minimum absolute atomic E-state index is 0.763. The van der Waals surface area contributed by atoms with Gasteiger partial charge in [0.1, 0.15) is 5.82 Å². The summed E-state index contributed by atoms with van der Waals surface area (Å²) in [6.07, 6.45) is 4.85. The van der Waals surface area contributed by atoms with Crippen LogP contribution in [0.4, 0.5) is 11.8 Å². The van der Waals surface area contributed by atoms with Crippen molar-refractivity contribution in [1.29, 1.82) is 0 Å². The Kier molecular flexibility index (Phi) is 4.00. The van der Waals surface area contributed by atoms with Crippen LogP contribution in [0.5, 0.6) is 0 Å². The van der Waals surface area contributed by atoms with Crippen molar-refractivity contribution >= 4 is 22.7 Å². The van der Waals surface area contributed by atoms with E-state index in [-0.39, 0.29) is 0 Å². The minimum Gasteiger partial charge on any atom is -0.356 e. The fourth-order valence-corrected chi connectivity index (χ4v) is 2.69. The Bertz CT molecular complexity index is 576. The van der Waals surface area contributed by atoms with Crippen LogP contribution in [0, 0.1) is 0 Å². The summed E-state index contributed by atoms with van der Waals surface area (Å²) in [6, 6.07) is 8.30. The summed E-state index contributed by atoms with van der Waals surface area (Å²) in [5, 5.41) is 4.52. The second-order valence-corrected chi connectivity index (χ2v) is 5.36. The molecular formula is C16H22N4. The van der Waals surface area contributed by atoms with Crippen LogP contribution in [0.1, 0.15) is 32.6 Å². The number of nitrogens with one attached hydrogen (secondary N) is 1. The van der Waals surface area contributed by atoms with Crippen LogP contribution in [0.25, 0.3) is 10.9 Å². The van der Waals surface area contributed by atoms with E-state index < -0.39 is 0 Å². The third kappa shape index (κ3) is 2.69. The maximum Gasteiger partial charge on any atom is 0.225 e. The van der Waals surface area contributed by atoms with Gasteiger partial charge in [0.05, 0.1) is 5.52 Å². The number of hydrogen-bond donors (Lipinski definition) is 1. The highest BCUT2D eigenvalue weighted by atomic mass is 15.2. The fraction of sp³-hybridized carbons (Fsp3) is 0.500. The van der Waals surface area contributed by atoms with Crippen LogP contribution in [0.2, 0.25) is 0 Å². The summed E-state index contributed by atoms with van der Waals surface area (Å²) in [5.41, 5.74) is 1.03. The summed E-state index contributed by atoms with van der Waals surface area (Å²) in [7, 11) is 0. The van der Waals surface area contributed by atoms with E-state index in [1.807, 2.05) is 6.07 Å². The summed E-state index contributed by atoms with van der Waals surface area (Å²) in [5.74, 6) is 1.85. The highest BCUT2D eigenvalue weighted by molar-refractivity contribution is 5.90. The monoisotopic (exact) mass is 270 g/mol. The van der Waals surface area contributed by atoms with Gasteiger partial charge in [-0.1, -0.05) is 25.5 Å². The summed E-state index contributed by atoms with van der Waals surface area (Å²) < 4.78 is 0. The van der Waals surface area contributed by atoms with Gasteiger partial charge in [-0.15, -0.1) is 0 Å². The van der Waals surface area contributed by atoms with Crippen LogP contribution < -0.4 is 10.2 Å². The SMILES string of the molecule is CCCCNc1nc(N2CCCC2)c2ccccc2n1. The Morgan fingerprint density at radius 2 is 1.95 bits per heavy atom. The number of unbranched alkanes of at least 4 members (excludes halogenated alkanes) is 1. The van der Waals surface area contributed by atoms with Crippen LogP contribution >= 0.6 is 0 Å². The molecule has 4 nitrogen and oxygen atoms in total. The molecule has 1 aliphatic rings. The van der Waals surface area contributed by atoms with E-state index in [4.69, 9.17) is 4.98 Å². The highest BCUT2D eigenvalue weighted by Crippen LogP contribution is 2.27. The molecule has 1 aliphatic heterocycles. The Morgan fingerprint density at radius 1 is 1.15 bits per heavy atom. The van der Waals surface area contributed by atoms with Crippen molar-refractivity contribution in [2.75, 3.05) is 29.9 Å². The summed E-state index contributed by atoms with van der Waals surface area (Å²) in [6.45, 7) is 5.34. The second kappa shape index (κ2) is 6.07. The van der Waals surface area contributed by atoms with Gasteiger partial charge in [-0.25, -0.2) is 4.98 Å². The number of anilines is 2. The average Bonchev–Trinajstić information content (AvgIpc) is 3.01. The maximum absolute atomic E-state index is 4.76. The molecule has 1 fully saturated rings. The molecule has 1 aromatic heterocycles. The standard InChI is InChI=1S/C16H22N4/c1-2-3-10-17-16-18-14-9-5-4-8-13(14)15(19-16)20-11-6-7-12-20/h4-5,8-9H,2-3,6-7,10-12H2,1H3,(H,17,18,19). The molecule has 1 saturated heterocycles. The number of para-hydroxylation sites is 1. The van der Waals surface area contributed by atoms with E-state index in [2.05, 4.69) is 40.3 Å². The molecule has 1 N–H and O–H groups in total. The van der Waals surface area contributed by atoms with Crippen molar-refractivity contribution in [3.8, 4) is 0 Å². The number of hydrogen-bond acceptors (Lipinski definition) is 4. The number of fused-ring (bicyclic) bond motifs is 1. The normalized spacial score (nSPS) is 14.9. The van der Waals surface area contributed by atoms with Crippen LogP contribution in [0.3, 0.4) is 0 Å². The van der Waals surface area contributed by atoms with E-state index >= 15 is 0 Å². The first-order valence-electron chi connectivity index (χ1n) is 7.64. The van der Waals surface area contributed by atoms with Crippen LogP contribution in [-0.2, 0) is 0 Å². The minimum atomic E-state index is 0.763. The fourth-order valence-electron chi connectivity index (χ4n) is 2.69. The lowest BCUT2D eigenvalue weighted by atomic mass is 10.2. The number of benzene rings is 1. The predicted molar refractivity (Wildman–Crippen MR) is 84.4 cm³/mol. The van der Waals surface area contributed by atoms with Gasteiger partial charge in [-0.2, -0.15) is 4.98 Å². The van der Waals surface area contributed by atoms with Crippen molar-refractivity contribution in [1.82, 2.24) is 9.97 Å². The first-order chi connectivity index (χ1) is 9.88. The molecule has 0 amide bonds. The molecule has 0 spiro atoms. The van der Waals surface area contributed by atoms with Gasteiger partial charge in [0.25, 0.3) is 0 Å². The molecule has 0 bridgehead atoms. The maximum atomic E-state index is 4.76. The number of nitrogens with zero attached hydrogens (tertiary/aromatic N) is 3. The molecule has 0 aliphatic carbocycles. The van der Waals surface area contributed by atoms with Crippen molar-refractivity contribution in [2.45, 2.75) is 32.6 Å². The molecule has 3 rings (SSSR count). The van der Waals surface area contributed by atoms with E-state index in [0.29, 0.717) is 0 Å². The first kappa shape index (κ1) is 13.2. The van der Waals surface area contributed by atoms with Gasteiger partial charge in [0, 0.05) is 25.0 Å². The van der Waals surface area contributed by atoms with Crippen molar-refractivity contribution in [3.05, 3.63) is 24.3 Å². The molecular weight excluding hydrogens is 248 g/mol. The highest BCUT2D eigenvalue weighted by Gasteiger charge is 2.17. The zero-order chi connectivity index (χ0) is 13.8. The summed E-state index contributed by atoms with van der Waals surface area (Å²) in [4.78, 5) is 11.8. The Morgan fingerprint density at radius 3 is 2.75 bits per heavy atom. The van der Waals surface area contributed by atoms with Gasteiger partial charge < -0.3 is 10.2 Å². The van der Waals surface area contributed by atoms with Crippen molar-refractivity contribution in [2.24, 2.45) is 0 Å². The Labute approximate surface area is 120 Å². The third-order valence-corrected chi connectivity index (χ3v) is 3.80. The molecule has 4 heteroatoms.